The highest BCUT2D eigenvalue weighted by atomic mass is 15.1. The minimum absolute atomic E-state index is 0.387. The summed E-state index contributed by atoms with van der Waals surface area (Å²) in [5.41, 5.74) is 0.983. The highest BCUT2D eigenvalue weighted by Gasteiger charge is 2.02. The molecule has 0 aliphatic rings. The summed E-state index contributed by atoms with van der Waals surface area (Å²) in [6.45, 7) is 9.28. The van der Waals surface area contributed by atoms with Crippen LogP contribution in [0.5, 0.6) is 0 Å². The van der Waals surface area contributed by atoms with Crippen LogP contribution in [0.4, 0.5) is 11.8 Å². The van der Waals surface area contributed by atoms with Gasteiger partial charge in [-0.15, -0.1) is 0 Å². The quantitative estimate of drug-likeness (QED) is 0.727. The fourth-order valence-corrected chi connectivity index (χ4v) is 1.39. The van der Waals surface area contributed by atoms with Crippen molar-refractivity contribution in [3.05, 3.63) is 11.8 Å². The molecule has 0 aromatic carbocycles. The molecule has 1 rings (SSSR count). The lowest BCUT2D eigenvalue weighted by atomic mass is 10.3. The Morgan fingerprint density at radius 2 is 2.06 bits per heavy atom. The molecule has 4 nitrogen and oxygen atoms in total. The topological polar surface area (TPSA) is 49.8 Å². The number of nitrogens with one attached hydrogen (secondary N) is 2. The zero-order valence-corrected chi connectivity index (χ0v) is 10.7. The molecule has 1 aromatic heterocycles. The van der Waals surface area contributed by atoms with E-state index in [1.807, 2.05) is 13.0 Å². The summed E-state index contributed by atoms with van der Waals surface area (Å²) < 4.78 is 0. The first-order chi connectivity index (χ1) is 7.61. The molecular formula is C12H22N4. The smallest absolute Gasteiger partial charge is 0.224 e. The average Bonchev–Trinajstić information content (AvgIpc) is 2.16. The maximum absolute atomic E-state index is 4.41. The molecule has 0 atom stereocenters. The fourth-order valence-electron chi connectivity index (χ4n) is 1.39. The van der Waals surface area contributed by atoms with Gasteiger partial charge in [0, 0.05) is 24.3 Å². The first kappa shape index (κ1) is 12.7. The van der Waals surface area contributed by atoms with E-state index in [0.717, 1.165) is 30.4 Å². The van der Waals surface area contributed by atoms with E-state index >= 15 is 0 Å². The minimum Gasteiger partial charge on any atom is -0.368 e. The molecule has 4 heteroatoms. The number of hydrogen-bond acceptors (Lipinski definition) is 4. The minimum atomic E-state index is 0.387. The van der Waals surface area contributed by atoms with Crippen molar-refractivity contribution < 1.29 is 0 Å². The van der Waals surface area contributed by atoms with Crippen LogP contribution in [0.3, 0.4) is 0 Å². The number of nitrogens with zero attached hydrogens (tertiary/aromatic N) is 2. The summed E-state index contributed by atoms with van der Waals surface area (Å²) in [5, 5.41) is 6.52. The van der Waals surface area contributed by atoms with E-state index in [4.69, 9.17) is 0 Å². The number of anilines is 2. The van der Waals surface area contributed by atoms with Gasteiger partial charge in [0.15, 0.2) is 0 Å². The van der Waals surface area contributed by atoms with E-state index in [1.54, 1.807) is 0 Å². The van der Waals surface area contributed by atoms with Crippen molar-refractivity contribution in [3.63, 3.8) is 0 Å². The van der Waals surface area contributed by atoms with Crippen LogP contribution in [-0.4, -0.2) is 22.6 Å². The Hall–Kier alpha value is -1.32. The van der Waals surface area contributed by atoms with Crippen LogP contribution < -0.4 is 10.6 Å². The van der Waals surface area contributed by atoms with Crippen molar-refractivity contribution >= 4 is 11.8 Å². The van der Waals surface area contributed by atoms with Gasteiger partial charge in [-0.1, -0.05) is 13.3 Å². The molecule has 90 valence electrons. The third-order valence-electron chi connectivity index (χ3n) is 2.10. The molecule has 0 saturated carbocycles. The number of aromatic nitrogens is 2. The van der Waals surface area contributed by atoms with Crippen LogP contribution in [0, 0.1) is 6.92 Å². The predicted molar refractivity (Wildman–Crippen MR) is 68.9 cm³/mol. The van der Waals surface area contributed by atoms with Gasteiger partial charge >= 0.3 is 0 Å². The van der Waals surface area contributed by atoms with Crippen LogP contribution in [-0.2, 0) is 0 Å². The molecule has 16 heavy (non-hydrogen) atoms. The summed E-state index contributed by atoms with van der Waals surface area (Å²) in [7, 11) is 0. The molecular weight excluding hydrogens is 200 g/mol. The lowest BCUT2D eigenvalue weighted by Gasteiger charge is -2.11. The van der Waals surface area contributed by atoms with Crippen molar-refractivity contribution in [1.29, 1.82) is 0 Å². The second-order valence-electron chi connectivity index (χ2n) is 4.30. The van der Waals surface area contributed by atoms with E-state index in [-0.39, 0.29) is 0 Å². The molecule has 0 spiro atoms. The van der Waals surface area contributed by atoms with Crippen LogP contribution in [0.1, 0.15) is 39.3 Å². The molecule has 1 heterocycles. The maximum Gasteiger partial charge on any atom is 0.224 e. The average molecular weight is 222 g/mol. The molecule has 0 aliphatic heterocycles. The Bertz CT molecular complexity index is 323. The van der Waals surface area contributed by atoms with Gasteiger partial charge in [-0.05, 0) is 27.2 Å². The molecule has 0 amide bonds. The number of rotatable bonds is 6. The Morgan fingerprint density at radius 1 is 1.31 bits per heavy atom. The zero-order chi connectivity index (χ0) is 12.0. The van der Waals surface area contributed by atoms with Crippen molar-refractivity contribution in [3.8, 4) is 0 Å². The second-order valence-corrected chi connectivity index (χ2v) is 4.30. The maximum atomic E-state index is 4.41. The third-order valence-corrected chi connectivity index (χ3v) is 2.10. The van der Waals surface area contributed by atoms with Gasteiger partial charge in [0.2, 0.25) is 5.95 Å². The summed E-state index contributed by atoms with van der Waals surface area (Å²) in [6.07, 6.45) is 2.32. The molecule has 0 saturated heterocycles. The Labute approximate surface area is 97.9 Å². The molecule has 0 bridgehead atoms. The van der Waals surface area contributed by atoms with Crippen molar-refractivity contribution in [2.45, 2.75) is 46.6 Å². The first-order valence-electron chi connectivity index (χ1n) is 5.98. The normalized spacial score (nSPS) is 10.6. The van der Waals surface area contributed by atoms with Gasteiger partial charge in [-0.25, -0.2) is 4.98 Å². The summed E-state index contributed by atoms with van der Waals surface area (Å²) >= 11 is 0. The fraction of sp³-hybridized carbons (Fsp3) is 0.667. The molecule has 0 aliphatic carbocycles. The van der Waals surface area contributed by atoms with Crippen molar-refractivity contribution in [1.82, 2.24) is 9.97 Å². The molecule has 0 unspecified atom stereocenters. The van der Waals surface area contributed by atoms with Crippen molar-refractivity contribution in [2.24, 2.45) is 0 Å². The molecule has 0 fully saturated rings. The first-order valence-corrected chi connectivity index (χ1v) is 5.98. The highest BCUT2D eigenvalue weighted by Crippen LogP contribution is 2.10. The van der Waals surface area contributed by atoms with Gasteiger partial charge in [0.25, 0.3) is 0 Å². The van der Waals surface area contributed by atoms with E-state index in [2.05, 4.69) is 41.4 Å². The Kier molecular flexibility index (Phi) is 5.02. The van der Waals surface area contributed by atoms with Crippen LogP contribution in [0.15, 0.2) is 6.07 Å². The summed E-state index contributed by atoms with van der Waals surface area (Å²) in [6, 6.07) is 2.35. The second kappa shape index (κ2) is 6.30. The van der Waals surface area contributed by atoms with E-state index < -0.39 is 0 Å². The molecule has 1 aromatic rings. The van der Waals surface area contributed by atoms with Crippen LogP contribution in [0.25, 0.3) is 0 Å². The van der Waals surface area contributed by atoms with E-state index in [0.29, 0.717) is 6.04 Å². The lowest BCUT2D eigenvalue weighted by molar-refractivity contribution is 0.823. The largest absolute Gasteiger partial charge is 0.368 e. The lowest BCUT2D eigenvalue weighted by Crippen LogP contribution is -2.13. The van der Waals surface area contributed by atoms with E-state index in [1.165, 1.54) is 6.42 Å². The van der Waals surface area contributed by atoms with Gasteiger partial charge in [0.1, 0.15) is 5.82 Å². The van der Waals surface area contributed by atoms with Crippen LogP contribution in [0.2, 0.25) is 0 Å². The zero-order valence-electron chi connectivity index (χ0n) is 10.7. The number of aryl methyl sites for hydroxylation is 1. The number of unbranched alkanes of at least 4 members (excludes halogenated alkanes) is 1. The number of hydrogen-bond donors (Lipinski definition) is 2. The summed E-state index contributed by atoms with van der Waals surface area (Å²) in [5.74, 6) is 1.61. The highest BCUT2D eigenvalue weighted by molar-refractivity contribution is 5.42. The summed E-state index contributed by atoms with van der Waals surface area (Å²) in [4.78, 5) is 8.76. The van der Waals surface area contributed by atoms with E-state index in [9.17, 15) is 0 Å². The molecule has 2 N–H and O–H groups in total. The van der Waals surface area contributed by atoms with Crippen molar-refractivity contribution in [2.75, 3.05) is 17.2 Å². The van der Waals surface area contributed by atoms with Gasteiger partial charge in [0.05, 0.1) is 0 Å². The Balaban J connectivity index is 2.65. The standard InChI is InChI=1S/C12H22N4/c1-5-6-7-13-12-15-10(4)8-11(16-12)14-9(2)3/h8-9H,5-7H2,1-4H3,(H2,13,14,15,16). The Morgan fingerprint density at radius 3 is 2.69 bits per heavy atom. The van der Waals surface area contributed by atoms with Gasteiger partial charge in [-0.2, -0.15) is 4.98 Å². The SMILES string of the molecule is CCCCNc1nc(C)cc(NC(C)C)n1. The monoisotopic (exact) mass is 222 g/mol. The predicted octanol–water partition coefficient (Wildman–Crippen LogP) is 2.82. The molecule has 0 radical (unpaired) electrons. The van der Waals surface area contributed by atoms with Gasteiger partial charge in [-0.3, -0.25) is 0 Å². The van der Waals surface area contributed by atoms with Crippen LogP contribution >= 0.6 is 0 Å². The van der Waals surface area contributed by atoms with Gasteiger partial charge < -0.3 is 10.6 Å². The third kappa shape index (κ3) is 4.47.